The summed E-state index contributed by atoms with van der Waals surface area (Å²) in [6, 6.07) is 2.31. The highest BCUT2D eigenvalue weighted by Crippen LogP contribution is 2.37. The molecule has 0 bridgehead atoms. The van der Waals surface area contributed by atoms with E-state index in [1.807, 2.05) is 13.8 Å². The molecule has 1 aromatic heterocycles. The number of hydrogen-bond acceptors (Lipinski definition) is 5. The van der Waals surface area contributed by atoms with E-state index < -0.39 is 31.0 Å². The molecule has 2 saturated carbocycles. The van der Waals surface area contributed by atoms with Crippen molar-refractivity contribution >= 4 is 17.5 Å². The summed E-state index contributed by atoms with van der Waals surface area (Å²) in [5.74, 6) is -1.77. The maximum Gasteiger partial charge on any atom is 0.282 e. The van der Waals surface area contributed by atoms with Gasteiger partial charge in [-0.25, -0.2) is 13.8 Å². The largest absolute Gasteiger partial charge is 0.476 e. The standard InChI is InChI=1S/C18H24F2N4O3.C4H8.C2H6/c1-11(17(26)23(2)3)21-15(25)13-6-7-14(24-9-18(19,20)10-24)16(22-13)27-8-12-4-5-12;1-4-2-3-4;1-2/h6-7,11-12H,4-5,8-10H2,1-3H3,(H,21,25);4H,2-3H2,1H3;1-2H3. The summed E-state index contributed by atoms with van der Waals surface area (Å²) in [6.07, 6.45) is 5.11. The number of hydrogen-bond donors (Lipinski definition) is 1. The smallest absolute Gasteiger partial charge is 0.282 e. The fraction of sp³-hybridized carbons (Fsp3) is 0.708. The number of carbonyl (C=O) groups excluding carboxylic acids is 2. The van der Waals surface area contributed by atoms with Crippen LogP contribution in [0.3, 0.4) is 0 Å². The molecule has 0 aromatic carbocycles. The summed E-state index contributed by atoms with van der Waals surface area (Å²) in [6.45, 7) is 7.52. The van der Waals surface area contributed by atoms with Crippen LogP contribution in [-0.4, -0.2) is 67.5 Å². The molecule has 7 nitrogen and oxygen atoms in total. The second-order valence-electron chi connectivity index (χ2n) is 9.10. The number of likely N-dealkylation sites (N-methyl/N-ethyl adjacent to an activating group) is 1. The molecular weight excluding hydrogens is 430 g/mol. The lowest BCUT2D eigenvalue weighted by Crippen LogP contribution is -2.56. The molecule has 3 fully saturated rings. The Morgan fingerprint density at radius 3 is 2.24 bits per heavy atom. The van der Waals surface area contributed by atoms with Crippen LogP contribution in [0.25, 0.3) is 0 Å². The average molecular weight is 469 g/mol. The predicted molar refractivity (Wildman–Crippen MR) is 125 cm³/mol. The number of halogens is 2. The second kappa shape index (κ2) is 11.6. The van der Waals surface area contributed by atoms with Gasteiger partial charge in [-0.2, -0.15) is 0 Å². The zero-order valence-corrected chi connectivity index (χ0v) is 20.7. The molecule has 2 amide bonds. The molecular formula is C24H38F2N4O3. The van der Waals surface area contributed by atoms with Gasteiger partial charge in [0.1, 0.15) is 17.4 Å². The van der Waals surface area contributed by atoms with Crippen LogP contribution < -0.4 is 15.0 Å². The number of aromatic nitrogens is 1. The van der Waals surface area contributed by atoms with Gasteiger partial charge in [-0.05, 0) is 43.7 Å². The van der Waals surface area contributed by atoms with Crippen molar-refractivity contribution in [2.75, 3.05) is 38.7 Å². The molecule has 0 radical (unpaired) electrons. The normalized spacial score (nSPS) is 19.0. The lowest BCUT2D eigenvalue weighted by Gasteiger charge is -2.40. The van der Waals surface area contributed by atoms with Crippen LogP contribution in [0.15, 0.2) is 12.1 Å². The molecule has 0 spiro atoms. The Balaban J connectivity index is 0.000000567. The number of amides is 2. The summed E-state index contributed by atoms with van der Waals surface area (Å²) < 4.78 is 32.2. The van der Waals surface area contributed by atoms with Gasteiger partial charge in [-0.1, -0.05) is 33.6 Å². The molecule has 1 aliphatic heterocycles. The van der Waals surface area contributed by atoms with Crippen LogP contribution in [0.2, 0.25) is 0 Å². The molecule has 1 N–H and O–H groups in total. The second-order valence-corrected chi connectivity index (χ2v) is 9.10. The molecule has 2 aliphatic carbocycles. The number of nitrogens with one attached hydrogen (secondary N) is 1. The number of carbonyl (C=O) groups is 2. The van der Waals surface area contributed by atoms with Crippen molar-refractivity contribution < 1.29 is 23.1 Å². The third-order valence-electron chi connectivity index (χ3n) is 5.44. The van der Waals surface area contributed by atoms with Gasteiger partial charge < -0.3 is 19.9 Å². The van der Waals surface area contributed by atoms with Crippen LogP contribution in [0.5, 0.6) is 5.88 Å². The maximum atomic E-state index is 13.2. The Kier molecular flexibility index (Phi) is 9.43. The van der Waals surface area contributed by atoms with Crippen molar-refractivity contribution in [3.05, 3.63) is 17.8 Å². The van der Waals surface area contributed by atoms with E-state index in [1.165, 1.54) is 28.7 Å². The summed E-state index contributed by atoms with van der Waals surface area (Å²) >= 11 is 0. The van der Waals surface area contributed by atoms with E-state index >= 15 is 0 Å². The first-order valence-electron chi connectivity index (χ1n) is 11.8. The topological polar surface area (TPSA) is 74.8 Å². The summed E-state index contributed by atoms with van der Waals surface area (Å²) in [5, 5.41) is 2.59. The number of pyridine rings is 1. The van der Waals surface area contributed by atoms with E-state index in [2.05, 4.69) is 17.2 Å². The number of rotatable bonds is 7. The van der Waals surface area contributed by atoms with E-state index in [9.17, 15) is 18.4 Å². The molecule has 1 aromatic rings. The van der Waals surface area contributed by atoms with Crippen molar-refractivity contribution in [1.29, 1.82) is 0 Å². The number of nitrogens with zero attached hydrogens (tertiary/aromatic N) is 3. The molecule has 1 atom stereocenters. The van der Waals surface area contributed by atoms with Crippen molar-refractivity contribution in [2.24, 2.45) is 11.8 Å². The molecule has 1 saturated heterocycles. The van der Waals surface area contributed by atoms with Crippen molar-refractivity contribution in [3.63, 3.8) is 0 Å². The Hall–Kier alpha value is -2.45. The van der Waals surface area contributed by atoms with E-state index in [0.717, 1.165) is 18.8 Å². The van der Waals surface area contributed by atoms with Crippen LogP contribution in [0.4, 0.5) is 14.5 Å². The summed E-state index contributed by atoms with van der Waals surface area (Å²) in [5.41, 5.74) is 0.533. The molecule has 186 valence electrons. The van der Waals surface area contributed by atoms with Gasteiger partial charge in [0.2, 0.25) is 11.8 Å². The first kappa shape index (κ1) is 26.8. The lowest BCUT2D eigenvalue weighted by molar-refractivity contribution is -0.130. The van der Waals surface area contributed by atoms with Crippen LogP contribution in [0, 0.1) is 11.8 Å². The highest BCUT2D eigenvalue weighted by atomic mass is 19.3. The number of anilines is 1. The van der Waals surface area contributed by atoms with Gasteiger partial charge in [0, 0.05) is 14.1 Å². The molecule has 9 heteroatoms. The molecule has 4 rings (SSSR count). The lowest BCUT2D eigenvalue weighted by atomic mass is 10.1. The van der Waals surface area contributed by atoms with Gasteiger partial charge in [0.15, 0.2) is 0 Å². The minimum atomic E-state index is -2.72. The fourth-order valence-corrected chi connectivity index (χ4v) is 2.96. The zero-order chi connectivity index (χ0) is 24.8. The minimum absolute atomic E-state index is 0.0789. The summed E-state index contributed by atoms with van der Waals surface area (Å²) in [4.78, 5) is 31.4. The first-order chi connectivity index (χ1) is 15.6. The van der Waals surface area contributed by atoms with Gasteiger partial charge in [0.05, 0.1) is 19.7 Å². The quantitative estimate of drug-likeness (QED) is 0.655. The predicted octanol–water partition coefficient (Wildman–Crippen LogP) is 3.97. The highest BCUT2D eigenvalue weighted by Gasteiger charge is 2.45. The average Bonchev–Trinajstić information content (AvgIpc) is 3.69. The Morgan fingerprint density at radius 2 is 1.79 bits per heavy atom. The Labute approximate surface area is 195 Å². The minimum Gasteiger partial charge on any atom is -0.476 e. The van der Waals surface area contributed by atoms with Gasteiger partial charge in [-0.15, -0.1) is 0 Å². The van der Waals surface area contributed by atoms with Crippen LogP contribution >= 0.6 is 0 Å². The van der Waals surface area contributed by atoms with Crippen molar-refractivity contribution in [3.8, 4) is 5.88 Å². The first-order valence-corrected chi connectivity index (χ1v) is 11.8. The molecule has 3 aliphatic rings. The third-order valence-corrected chi connectivity index (χ3v) is 5.44. The highest BCUT2D eigenvalue weighted by molar-refractivity contribution is 5.96. The fourth-order valence-electron chi connectivity index (χ4n) is 2.96. The van der Waals surface area contributed by atoms with Gasteiger partial charge >= 0.3 is 0 Å². The van der Waals surface area contributed by atoms with Crippen LogP contribution in [-0.2, 0) is 4.79 Å². The van der Waals surface area contributed by atoms with E-state index in [-0.39, 0.29) is 17.5 Å². The Morgan fingerprint density at radius 1 is 1.21 bits per heavy atom. The number of alkyl halides is 2. The Bertz CT molecular complexity index is 803. The SMILES string of the molecule is CC.CC(NC(=O)c1ccc(N2CC(F)(F)C2)c(OCC2CC2)n1)C(=O)N(C)C.CC1CC1. The van der Waals surface area contributed by atoms with E-state index in [1.54, 1.807) is 27.1 Å². The van der Waals surface area contributed by atoms with Gasteiger partial charge in [0.25, 0.3) is 11.8 Å². The maximum absolute atomic E-state index is 13.2. The number of ether oxygens (including phenoxy) is 1. The van der Waals surface area contributed by atoms with E-state index in [4.69, 9.17) is 4.74 Å². The van der Waals surface area contributed by atoms with Gasteiger partial charge in [-0.3, -0.25) is 9.59 Å². The molecule has 2 heterocycles. The monoisotopic (exact) mass is 468 g/mol. The summed E-state index contributed by atoms with van der Waals surface area (Å²) in [7, 11) is 3.20. The third kappa shape index (κ3) is 8.44. The zero-order valence-electron chi connectivity index (χ0n) is 20.7. The van der Waals surface area contributed by atoms with E-state index in [0.29, 0.717) is 18.2 Å². The van der Waals surface area contributed by atoms with Crippen molar-refractivity contribution in [2.45, 2.75) is 65.3 Å². The molecule has 1 unspecified atom stereocenters. The molecule has 33 heavy (non-hydrogen) atoms. The van der Waals surface area contributed by atoms with Crippen LogP contribution in [0.1, 0.15) is 63.9 Å². The van der Waals surface area contributed by atoms with Crippen molar-refractivity contribution in [1.82, 2.24) is 15.2 Å².